The van der Waals surface area contributed by atoms with Gasteiger partial charge in [0.2, 0.25) is 0 Å². The van der Waals surface area contributed by atoms with E-state index in [9.17, 15) is 9.59 Å². The lowest BCUT2D eigenvalue weighted by atomic mass is 10.2. The molecule has 3 aromatic rings. The molecule has 3 rings (SSSR count). The predicted octanol–water partition coefficient (Wildman–Crippen LogP) is 4.66. The third-order valence-electron chi connectivity index (χ3n) is 3.84. The molecule has 0 spiro atoms. The van der Waals surface area contributed by atoms with Crippen LogP contribution in [0.15, 0.2) is 72.8 Å². The van der Waals surface area contributed by atoms with Crippen molar-refractivity contribution in [1.29, 1.82) is 0 Å². The molecule has 0 aliphatic heterocycles. The quantitative estimate of drug-likeness (QED) is 0.566. The normalized spacial score (nSPS) is 10.2. The van der Waals surface area contributed by atoms with Crippen LogP contribution in [-0.4, -0.2) is 11.9 Å². The number of benzene rings is 3. The van der Waals surface area contributed by atoms with Crippen molar-refractivity contribution >= 4 is 34.9 Å². The lowest BCUT2D eigenvalue weighted by Crippen LogP contribution is -2.19. The summed E-state index contributed by atoms with van der Waals surface area (Å²) in [5, 5.41) is 5.99. The number of amides is 3. The Hall–Kier alpha value is -3.51. The molecule has 0 unspecified atom stereocenters. The van der Waals surface area contributed by atoms with Crippen molar-refractivity contribution in [3.05, 3.63) is 88.9 Å². The molecule has 28 heavy (non-hydrogen) atoms. The van der Waals surface area contributed by atoms with Gasteiger partial charge < -0.3 is 21.1 Å². The second-order valence-corrected chi connectivity index (χ2v) is 6.37. The average Bonchev–Trinajstić information content (AvgIpc) is 2.67. The zero-order valence-corrected chi connectivity index (χ0v) is 15.6. The molecule has 0 atom stereocenters. The maximum atomic E-state index is 12.1. The monoisotopic (exact) mass is 395 g/mol. The highest BCUT2D eigenvalue weighted by atomic mass is 35.5. The highest BCUT2D eigenvalue weighted by Gasteiger charge is 2.08. The number of hydrogen-bond donors (Lipinski definition) is 3. The molecule has 3 aromatic carbocycles. The minimum absolute atomic E-state index is 0.263. The molecule has 142 valence electrons. The molecule has 0 radical (unpaired) electrons. The van der Waals surface area contributed by atoms with E-state index in [4.69, 9.17) is 22.1 Å². The van der Waals surface area contributed by atoms with Crippen molar-refractivity contribution in [3.63, 3.8) is 0 Å². The van der Waals surface area contributed by atoms with Crippen LogP contribution in [0.25, 0.3) is 0 Å². The average molecular weight is 396 g/mol. The van der Waals surface area contributed by atoms with E-state index in [2.05, 4.69) is 10.6 Å². The number of carbonyl (C=O) groups excluding carboxylic acids is 2. The first kappa shape index (κ1) is 19.3. The molecule has 3 amide bonds. The van der Waals surface area contributed by atoms with E-state index in [0.717, 1.165) is 5.56 Å². The van der Waals surface area contributed by atoms with Gasteiger partial charge >= 0.3 is 6.03 Å². The Morgan fingerprint density at radius 1 is 0.893 bits per heavy atom. The molecule has 0 fully saturated rings. The van der Waals surface area contributed by atoms with E-state index >= 15 is 0 Å². The SMILES string of the molecule is NC(=O)c1ccccc1OCc1ccc(NC(=O)Nc2cccc(Cl)c2)cc1. The van der Waals surface area contributed by atoms with Gasteiger partial charge in [-0.25, -0.2) is 4.79 Å². The van der Waals surface area contributed by atoms with Crippen LogP contribution < -0.4 is 21.1 Å². The van der Waals surface area contributed by atoms with Gasteiger partial charge in [-0.15, -0.1) is 0 Å². The third-order valence-corrected chi connectivity index (χ3v) is 4.08. The number of nitrogens with one attached hydrogen (secondary N) is 2. The van der Waals surface area contributed by atoms with Crippen molar-refractivity contribution in [1.82, 2.24) is 0 Å². The molecule has 0 aliphatic carbocycles. The fraction of sp³-hybridized carbons (Fsp3) is 0.0476. The number of primary amides is 1. The van der Waals surface area contributed by atoms with Crippen LogP contribution in [0.5, 0.6) is 5.75 Å². The predicted molar refractivity (Wildman–Crippen MR) is 110 cm³/mol. The standard InChI is InChI=1S/C21H18ClN3O3/c22-15-4-3-5-17(12-15)25-21(27)24-16-10-8-14(9-11-16)13-28-19-7-2-1-6-18(19)20(23)26/h1-12H,13H2,(H2,23,26)(H2,24,25,27). The summed E-state index contributed by atoms with van der Waals surface area (Å²) >= 11 is 5.90. The fourth-order valence-electron chi connectivity index (χ4n) is 2.50. The summed E-state index contributed by atoms with van der Waals surface area (Å²) < 4.78 is 5.68. The summed E-state index contributed by atoms with van der Waals surface area (Å²) in [6, 6.07) is 20.5. The van der Waals surface area contributed by atoms with Crippen LogP contribution in [0, 0.1) is 0 Å². The van der Waals surface area contributed by atoms with Gasteiger partial charge in [-0.1, -0.05) is 41.9 Å². The van der Waals surface area contributed by atoms with Crippen LogP contribution in [0.1, 0.15) is 15.9 Å². The second-order valence-electron chi connectivity index (χ2n) is 5.94. The number of urea groups is 1. The number of ether oxygens (including phenoxy) is 1. The van der Waals surface area contributed by atoms with Crippen LogP contribution >= 0.6 is 11.6 Å². The summed E-state index contributed by atoms with van der Waals surface area (Å²) in [5.74, 6) is -0.112. The molecule has 7 heteroatoms. The Bertz CT molecular complexity index is 990. The number of carbonyl (C=O) groups is 2. The Labute approximate surface area is 167 Å². The molecule has 0 saturated heterocycles. The molecule has 4 N–H and O–H groups in total. The molecule has 0 aliphatic rings. The summed E-state index contributed by atoms with van der Waals surface area (Å²) in [4.78, 5) is 23.5. The van der Waals surface area contributed by atoms with Crippen LogP contribution in [0.2, 0.25) is 5.02 Å². The maximum absolute atomic E-state index is 12.1. The first-order valence-corrected chi connectivity index (χ1v) is 8.83. The van der Waals surface area contributed by atoms with Crippen molar-refractivity contribution < 1.29 is 14.3 Å². The van der Waals surface area contributed by atoms with Crippen LogP contribution in [0.3, 0.4) is 0 Å². The van der Waals surface area contributed by atoms with E-state index in [0.29, 0.717) is 27.7 Å². The van der Waals surface area contributed by atoms with E-state index in [-0.39, 0.29) is 12.6 Å². The Morgan fingerprint density at radius 3 is 2.32 bits per heavy atom. The highest BCUT2D eigenvalue weighted by molar-refractivity contribution is 6.30. The maximum Gasteiger partial charge on any atom is 0.323 e. The second kappa shape index (κ2) is 8.92. The number of anilines is 2. The van der Waals surface area contributed by atoms with Crippen LogP contribution in [-0.2, 0) is 6.61 Å². The number of hydrogen-bond acceptors (Lipinski definition) is 3. The molecular formula is C21H18ClN3O3. The summed E-state index contributed by atoms with van der Waals surface area (Å²) in [6.45, 7) is 0.263. The van der Waals surface area contributed by atoms with Gasteiger partial charge in [-0.3, -0.25) is 4.79 Å². The van der Waals surface area contributed by atoms with Gasteiger partial charge in [-0.05, 0) is 48.0 Å². The molecule has 0 aromatic heterocycles. The third kappa shape index (κ3) is 5.25. The van der Waals surface area contributed by atoms with E-state index in [1.807, 2.05) is 12.1 Å². The van der Waals surface area contributed by atoms with Gasteiger partial charge in [-0.2, -0.15) is 0 Å². The molecule has 6 nitrogen and oxygen atoms in total. The van der Waals surface area contributed by atoms with Gasteiger partial charge in [0.25, 0.3) is 5.91 Å². The first-order valence-electron chi connectivity index (χ1n) is 8.45. The number of rotatable bonds is 6. The minimum Gasteiger partial charge on any atom is -0.488 e. The van der Waals surface area contributed by atoms with Crippen LogP contribution in [0.4, 0.5) is 16.2 Å². The van der Waals surface area contributed by atoms with Gasteiger partial charge in [0.05, 0.1) is 5.56 Å². The minimum atomic E-state index is -0.541. The summed E-state index contributed by atoms with van der Waals surface area (Å²) in [6.07, 6.45) is 0. The zero-order chi connectivity index (χ0) is 19.9. The molecule has 0 saturated carbocycles. The number of halogens is 1. The summed E-state index contributed by atoms with van der Waals surface area (Å²) in [5.41, 5.74) is 7.77. The van der Waals surface area contributed by atoms with Gasteiger partial charge in [0.1, 0.15) is 12.4 Å². The fourth-order valence-corrected chi connectivity index (χ4v) is 2.69. The Balaban J connectivity index is 1.56. The highest BCUT2D eigenvalue weighted by Crippen LogP contribution is 2.20. The van der Waals surface area contributed by atoms with E-state index in [1.54, 1.807) is 60.7 Å². The first-order chi connectivity index (χ1) is 13.5. The topological polar surface area (TPSA) is 93.5 Å². The molecule has 0 heterocycles. The van der Waals surface area contributed by atoms with E-state index in [1.165, 1.54) is 0 Å². The van der Waals surface area contributed by atoms with Crippen molar-refractivity contribution in [3.8, 4) is 5.75 Å². The van der Waals surface area contributed by atoms with Gasteiger partial charge in [0, 0.05) is 16.4 Å². The number of para-hydroxylation sites is 1. The smallest absolute Gasteiger partial charge is 0.323 e. The zero-order valence-electron chi connectivity index (χ0n) is 14.8. The largest absolute Gasteiger partial charge is 0.488 e. The van der Waals surface area contributed by atoms with Crippen molar-refractivity contribution in [2.24, 2.45) is 5.73 Å². The summed E-state index contributed by atoms with van der Waals surface area (Å²) in [7, 11) is 0. The molecule has 0 bridgehead atoms. The number of nitrogens with two attached hydrogens (primary N) is 1. The molecular weight excluding hydrogens is 378 g/mol. The van der Waals surface area contributed by atoms with E-state index < -0.39 is 5.91 Å². The lowest BCUT2D eigenvalue weighted by Gasteiger charge is -2.11. The Kier molecular flexibility index (Phi) is 6.14. The van der Waals surface area contributed by atoms with Crippen molar-refractivity contribution in [2.75, 3.05) is 10.6 Å². The Morgan fingerprint density at radius 2 is 1.61 bits per heavy atom. The van der Waals surface area contributed by atoms with Crippen molar-refractivity contribution in [2.45, 2.75) is 6.61 Å². The lowest BCUT2D eigenvalue weighted by molar-refractivity contribution is 0.0996. The van der Waals surface area contributed by atoms with Gasteiger partial charge in [0.15, 0.2) is 0 Å².